The summed E-state index contributed by atoms with van der Waals surface area (Å²) in [7, 11) is 0. The van der Waals surface area contributed by atoms with Crippen LogP contribution in [0, 0.1) is 6.92 Å². The first kappa shape index (κ1) is 12.1. The van der Waals surface area contributed by atoms with E-state index in [1.165, 1.54) is 6.07 Å². The summed E-state index contributed by atoms with van der Waals surface area (Å²) in [6.45, 7) is 1.58. The molecule has 1 aromatic heterocycles. The first-order chi connectivity index (χ1) is 5.15. The van der Waals surface area contributed by atoms with Gasteiger partial charge in [-0.3, -0.25) is 14.6 Å². The molecule has 0 aliphatic carbocycles. The fourth-order valence-corrected chi connectivity index (χ4v) is 0.830. The van der Waals surface area contributed by atoms with Crippen LogP contribution in [0.25, 0.3) is 0 Å². The van der Waals surface area contributed by atoms with Crippen LogP contribution in [0.1, 0.15) is 17.3 Å². The van der Waals surface area contributed by atoms with Crippen LogP contribution in [-0.2, 0) is 0 Å². The van der Waals surface area contributed by atoms with Crippen LogP contribution in [0.2, 0.25) is 0 Å². The second kappa shape index (κ2) is 4.93. The van der Waals surface area contributed by atoms with Crippen LogP contribution < -0.4 is 56.9 Å². The van der Waals surface area contributed by atoms with E-state index in [4.69, 9.17) is 5.11 Å². The number of aldehydes is 1. The Balaban J connectivity index is 0. The molecule has 4 nitrogen and oxygen atoms in total. The molecule has 0 aromatic carbocycles. The maximum atomic E-state index is 10.6. The number of hydrogen-bond donors (Lipinski definition) is 2. The summed E-state index contributed by atoms with van der Waals surface area (Å²) < 4.78 is 0. The number of hydrogen-bond acceptors (Lipinski definition) is 3. The predicted octanol–water partition coefficient (Wildman–Crippen LogP) is -2.68. The molecule has 0 saturated carbocycles. The van der Waals surface area contributed by atoms with Crippen LogP contribution in [0.15, 0.2) is 10.9 Å². The van der Waals surface area contributed by atoms with E-state index < -0.39 is 5.56 Å². The maximum Gasteiger partial charge on any atom is 1.00 e. The molecule has 0 radical (unpaired) electrons. The minimum Gasteiger partial charge on any atom is -1.00 e. The Morgan fingerprint density at radius 2 is 2.25 bits per heavy atom. The fourth-order valence-electron chi connectivity index (χ4n) is 0.830. The Kier molecular flexibility index (Phi) is 4.96. The summed E-state index contributed by atoms with van der Waals surface area (Å²) in [6, 6.07) is 1.25. The summed E-state index contributed by atoms with van der Waals surface area (Å²) >= 11 is 0. The van der Waals surface area contributed by atoms with Gasteiger partial charge in [0, 0.05) is 6.07 Å². The number of nitrogens with one attached hydrogen (secondary N) is 1. The molecular formula is C7H8KNO3. The van der Waals surface area contributed by atoms with Crippen molar-refractivity contribution in [3.05, 3.63) is 27.5 Å². The van der Waals surface area contributed by atoms with Crippen molar-refractivity contribution in [1.29, 1.82) is 0 Å². The summed E-state index contributed by atoms with van der Waals surface area (Å²) in [5.41, 5.74) is 0.191. The Morgan fingerprint density at radius 3 is 2.67 bits per heavy atom. The molecule has 0 aliphatic rings. The molecule has 0 spiro atoms. The van der Waals surface area contributed by atoms with Crippen molar-refractivity contribution in [3.63, 3.8) is 0 Å². The molecule has 0 atom stereocenters. The van der Waals surface area contributed by atoms with E-state index in [0.29, 0.717) is 11.8 Å². The maximum absolute atomic E-state index is 10.6. The van der Waals surface area contributed by atoms with Crippen molar-refractivity contribution in [3.8, 4) is 5.88 Å². The third kappa shape index (κ3) is 2.53. The van der Waals surface area contributed by atoms with Crippen molar-refractivity contribution in [2.45, 2.75) is 6.92 Å². The van der Waals surface area contributed by atoms with Gasteiger partial charge in [-0.05, 0) is 12.5 Å². The van der Waals surface area contributed by atoms with Crippen LogP contribution in [0.5, 0.6) is 5.88 Å². The molecule has 0 aliphatic heterocycles. The number of carbonyl (C=O) groups is 1. The van der Waals surface area contributed by atoms with E-state index in [-0.39, 0.29) is 64.3 Å². The topological polar surface area (TPSA) is 70.2 Å². The number of H-pyrrole nitrogens is 1. The zero-order chi connectivity index (χ0) is 8.43. The van der Waals surface area contributed by atoms with Gasteiger partial charge in [-0.1, -0.05) is 0 Å². The van der Waals surface area contributed by atoms with Gasteiger partial charge in [0.05, 0.1) is 5.56 Å². The Hall–Kier alpha value is 0.0564. The van der Waals surface area contributed by atoms with Gasteiger partial charge in [0.15, 0.2) is 6.29 Å². The predicted molar refractivity (Wildman–Crippen MR) is 40.0 cm³/mol. The van der Waals surface area contributed by atoms with Gasteiger partial charge in [0.25, 0.3) is 5.56 Å². The molecule has 0 bridgehead atoms. The number of pyridine rings is 1. The third-order valence-corrected chi connectivity index (χ3v) is 1.39. The van der Waals surface area contributed by atoms with Crippen molar-refractivity contribution >= 4 is 6.29 Å². The number of rotatable bonds is 1. The zero-order valence-corrected chi connectivity index (χ0v) is 10.0. The van der Waals surface area contributed by atoms with E-state index in [0.717, 1.165) is 0 Å². The van der Waals surface area contributed by atoms with Gasteiger partial charge < -0.3 is 6.53 Å². The zero-order valence-electron chi connectivity index (χ0n) is 7.92. The molecule has 0 unspecified atom stereocenters. The van der Waals surface area contributed by atoms with E-state index in [1.807, 2.05) is 0 Å². The molecular weight excluding hydrogens is 185 g/mol. The monoisotopic (exact) mass is 193 g/mol. The Bertz CT molecular complexity index is 324. The van der Waals surface area contributed by atoms with Gasteiger partial charge in [0.2, 0.25) is 5.88 Å². The molecule has 1 heterocycles. The molecule has 2 N–H and O–H groups in total. The SMILES string of the molecule is Cc1cc(=O)[nH]c(O)c1C=O.[H-].[K+]. The van der Waals surface area contributed by atoms with E-state index in [1.54, 1.807) is 6.92 Å². The van der Waals surface area contributed by atoms with Crippen molar-refractivity contribution in [2.24, 2.45) is 0 Å². The summed E-state index contributed by atoms with van der Waals surface area (Å²) in [5, 5.41) is 8.99. The molecule has 1 aromatic rings. The standard InChI is InChI=1S/C7H7NO3.K.H/c1-4-2-6(10)8-7(11)5(4)3-9;;/h2-3H,1H3,(H2,8,10,11);;/q;+1;-1. The number of aromatic amines is 1. The van der Waals surface area contributed by atoms with Gasteiger partial charge >= 0.3 is 51.4 Å². The molecule has 60 valence electrons. The Labute approximate surface area is 113 Å². The summed E-state index contributed by atoms with van der Waals surface area (Å²) in [6.07, 6.45) is 0.501. The van der Waals surface area contributed by atoms with Crippen LogP contribution >= 0.6 is 0 Å². The average Bonchev–Trinajstić information content (AvgIpc) is 1.85. The second-order valence-electron chi connectivity index (χ2n) is 2.20. The smallest absolute Gasteiger partial charge is 1.00 e. The minimum atomic E-state index is -0.411. The molecule has 12 heavy (non-hydrogen) atoms. The van der Waals surface area contributed by atoms with Crippen LogP contribution in [-0.4, -0.2) is 16.4 Å². The van der Waals surface area contributed by atoms with Crippen LogP contribution in [0.3, 0.4) is 0 Å². The van der Waals surface area contributed by atoms with E-state index >= 15 is 0 Å². The van der Waals surface area contributed by atoms with Gasteiger partial charge in [-0.2, -0.15) is 0 Å². The second-order valence-corrected chi connectivity index (χ2v) is 2.20. The number of aromatic nitrogens is 1. The average molecular weight is 193 g/mol. The number of carbonyl (C=O) groups excluding carboxylic acids is 1. The fraction of sp³-hybridized carbons (Fsp3) is 0.143. The van der Waals surface area contributed by atoms with Gasteiger partial charge in [-0.25, -0.2) is 0 Å². The van der Waals surface area contributed by atoms with Crippen molar-refractivity contribution in [2.75, 3.05) is 0 Å². The summed E-state index contributed by atoms with van der Waals surface area (Å²) in [4.78, 5) is 23.0. The molecule has 1 rings (SSSR count). The third-order valence-electron chi connectivity index (χ3n) is 1.39. The first-order valence-electron chi connectivity index (χ1n) is 3.03. The number of aryl methyl sites for hydroxylation is 1. The normalized spacial score (nSPS) is 8.75. The van der Waals surface area contributed by atoms with Crippen LogP contribution in [0.4, 0.5) is 0 Å². The quantitative estimate of drug-likeness (QED) is 0.377. The summed E-state index contributed by atoms with van der Waals surface area (Å²) in [5.74, 6) is -0.370. The van der Waals surface area contributed by atoms with Crippen molar-refractivity contribution in [1.82, 2.24) is 4.98 Å². The minimum absolute atomic E-state index is 0. The van der Waals surface area contributed by atoms with Gasteiger partial charge in [0.1, 0.15) is 0 Å². The number of aromatic hydroxyl groups is 1. The molecule has 0 fully saturated rings. The van der Waals surface area contributed by atoms with Crippen molar-refractivity contribution < 1.29 is 62.7 Å². The van der Waals surface area contributed by atoms with E-state index in [2.05, 4.69) is 4.98 Å². The van der Waals surface area contributed by atoms with Gasteiger partial charge in [-0.15, -0.1) is 0 Å². The Morgan fingerprint density at radius 1 is 1.67 bits per heavy atom. The molecule has 0 saturated heterocycles. The van der Waals surface area contributed by atoms with E-state index in [9.17, 15) is 9.59 Å². The first-order valence-corrected chi connectivity index (χ1v) is 3.03. The molecule has 0 amide bonds. The largest absolute Gasteiger partial charge is 1.00 e. The molecule has 5 heteroatoms.